The number of ketones is 1. The number of rotatable bonds is 5. The van der Waals surface area contributed by atoms with Crippen LogP contribution in [-0.2, 0) is 4.79 Å². The van der Waals surface area contributed by atoms with Crippen LogP contribution in [0.3, 0.4) is 0 Å². The highest BCUT2D eigenvalue weighted by Crippen LogP contribution is 2.24. The van der Waals surface area contributed by atoms with Gasteiger partial charge in [0.15, 0.2) is 5.78 Å². The average Bonchev–Trinajstić information content (AvgIpc) is 2.48. The molecule has 2 rings (SSSR count). The molecule has 1 aliphatic heterocycles. The lowest BCUT2D eigenvalue weighted by atomic mass is 9.88. The van der Waals surface area contributed by atoms with Gasteiger partial charge in [-0.05, 0) is 56.6 Å². The molecular formula is C16H20ClNO3. The number of aliphatic carboxylic acids is 1. The lowest BCUT2D eigenvalue weighted by Gasteiger charge is -2.34. The minimum atomic E-state index is -0.778. The van der Waals surface area contributed by atoms with Gasteiger partial charge < -0.3 is 5.11 Å². The first kappa shape index (κ1) is 16.0. The number of carbonyl (C=O) groups excluding carboxylic acids is 1. The Morgan fingerprint density at radius 1 is 1.29 bits per heavy atom. The van der Waals surface area contributed by atoms with E-state index in [-0.39, 0.29) is 11.7 Å². The molecule has 1 heterocycles. The third-order valence-electron chi connectivity index (χ3n) is 4.14. The van der Waals surface area contributed by atoms with Gasteiger partial charge in [-0.1, -0.05) is 18.5 Å². The van der Waals surface area contributed by atoms with Crippen LogP contribution in [0.25, 0.3) is 0 Å². The van der Waals surface area contributed by atoms with E-state index in [2.05, 4.69) is 0 Å². The fraction of sp³-hybridized carbons (Fsp3) is 0.500. The summed E-state index contributed by atoms with van der Waals surface area (Å²) < 4.78 is 0. The van der Waals surface area contributed by atoms with Gasteiger partial charge in [-0.2, -0.15) is 0 Å². The molecule has 1 aromatic carbocycles. The molecule has 0 saturated carbocycles. The minimum absolute atomic E-state index is 0.0197. The number of halogens is 1. The zero-order valence-corrected chi connectivity index (χ0v) is 12.8. The largest absolute Gasteiger partial charge is 0.480 e. The van der Waals surface area contributed by atoms with E-state index in [4.69, 9.17) is 11.6 Å². The molecule has 114 valence electrons. The summed E-state index contributed by atoms with van der Waals surface area (Å²) >= 11 is 5.83. The number of piperidine rings is 1. The summed E-state index contributed by atoms with van der Waals surface area (Å²) in [5.41, 5.74) is 0.683. The molecule has 0 aromatic heterocycles. The predicted molar refractivity (Wildman–Crippen MR) is 81.8 cm³/mol. The molecule has 5 heteroatoms. The number of likely N-dealkylation sites (tertiary alicyclic amines) is 1. The molecule has 1 N–H and O–H groups in total. The Labute approximate surface area is 129 Å². The van der Waals surface area contributed by atoms with Crippen LogP contribution >= 0.6 is 11.6 Å². The lowest BCUT2D eigenvalue weighted by Crippen LogP contribution is -2.46. The Balaban J connectivity index is 1.96. The summed E-state index contributed by atoms with van der Waals surface area (Å²) in [7, 11) is 0. The zero-order valence-electron chi connectivity index (χ0n) is 12.1. The molecule has 1 unspecified atom stereocenters. The van der Waals surface area contributed by atoms with Crippen LogP contribution in [-0.4, -0.2) is 40.9 Å². The highest BCUT2D eigenvalue weighted by Gasteiger charge is 2.31. The Hall–Kier alpha value is -1.39. The van der Waals surface area contributed by atoms with Crippen molar-refractivity contribution in [1.29, 1.82) is 0 Å². The number of benzene rings is 1. The van der Waals surface area contributed by atoms with Crippen molar-refractivity contribution in [2.75, 3.05) is 13.1 Å². The van der Waals surface area contributed by atoms with E-state index in [0.717, 1.165) is 0 Å². The van der Waals surface area contributed by atoms with Crippen molar-refractivity contribution in [3.63, 3.8) is 0 Å². The first-order valence-electron chi connectivity index (χ1n) is 7.29. The van der Waals surface area contributed by atoms with Crippen molar-refractivity contribution in [1.82, 2.24) is 4.90 Å². The number of hydrogen-bond donors (Lipinski definition) is 1. The molecular weight excluding hydrogens is 290 g/mol. The van der Waals surface area contributed by atoms with Crippen LogP contribution < -0.4 is 0 Å². The fourth-order valence-corrected chi connectivity index (χ4v) is 3.04. The normalized spacial score (nSPS) is 18.4. The highest BCUT2D eigenvalue weighted by atomic mass is 35.5. The number of hydrogen-bond acceptors (Lipinski definition) is 3. The standard InChI is InChI=1S/C16H20ClNO3/c1-2-14(16(20)21)18-9-7-12(8-10-18)15(19)11-3-5-13(17)6-4-11/h3-6,12,14H,2,7-10H2,1H3,(H,20,21). The van der Waals surface area contributed by atoms with Crippen molar-refractivity contribution >= 4 is 23.4 Å². The van der Waals surface area contributed by atoms with Crippen LogP contribution in [0.5, 0.6) is 0 Å². The van der Waals surface area contributed by atoms with Crippen molar-refractivity contribution in [3.05, 3.63) is 34.9 Å². The molecule has 0 spiro atoms. The maximum atomic E-state index is 12.4. The second-order valence-corrected chi connectivity index (χ2v) is 5.88. The van der Waals surface area contributed by atoms with E-state index in [1.807, 2.05) is 11.8 Å². The predicted octanol–water partition coefficient (Wildman–Crippen LogP) is 3.10. The number of Topliss-reactive ketones (excluding diaryl/α,β-unsaturated/α-hetero) is 1. The van der Waals surface area contributed by atoms with Gasteiger partial charge in [0.05, 0.1) is 0 Å². The topological polar surface area (TPSA) is 57.6 Å². The van der Waals surface area contributed by atoms with Gasteiger partial charge in [-0.15, -0.1) is 0 Å². The fourth-order valence-electron chi connectivity index (χ4n) is 2.91. The van der Waals surface area contributed by atoms with E-state index in [9.17, 15) is 14.7 Å². The molecule has 0 radical (unpaired) electrons. The number of carboxylic acid groups (broad SMARTS) is 1. The van der Waals surface area contributed by atoms with Gasteiger partial charge in [-0.25, -0.2) is 0 Å². The highest BCUT2D eigenvalue weighted by molar-refractivity contribution is 6.30. The van der Waals surface area contributed by atoms with Crippen molar-refractivity contribution < 1.29 is 14.7 Å². The van der Waals surface area contributed by atoms with Crippen LogP contribution in [0.15, 0.2) is 24.3 Å². The van der Waals surface area contributed by atoms with Crippen LogP contribution in [0.2, 0.25) is 5.02 Å². The molecule has 1 saturated heterocycles. The lowest BCUT2D eigenvalue weighted by molar-refractivity contribution is -0.144. The second kappa shape index (κ2) is 7.05. The molecule has 1 aliphatic rings. The Bertz CT molecular complexity index is 507. The van der Waals surface area contributed by atoms with E-state index >= 15 is 0 Å². The van der Waals surface area contributed by atoms with Gasteiger partial charge in [-0.3, -0.25) is 14.5 Å². The SMILES string of the molecule is CCC(C(=O)O)N1CCC(C(=O)c2ccc(Cl)cc2)CC1. The van der Waals surface area contributed by atoms with Crippen molar-refractivity contribution in [3.8, 4) is 0 Å². The minimum Gasteiger partial charge on any atom is -0.480 e. The van der Waals surface area contributed by atoms with Gasteiger partial charge in [0.2, 0.25) is 0 Å². The summed E-state index contributed by atoms with van der Waals surface area (Å²) in [4.78, 5) is 25.6. The smallest absolute Gasteiger partial charge is 0.320 e. The Morgan fingerprint density at radius 2 is 1.86 bits per heavy atom. The summed E-state index contributed by atoms with van der Waals surface area (Å²) in [6.07, 6.45) is 2.02. The molecule has 1 fully saturated rings. The van der Waals surface area contributed by atoms with Crippen LogP contribution in [0, 0.1) is 5.92 Å². The van der Waals surface area contributed by atoms with Crippen LogP contribution in [0.1, 0.15) is 36.5 Å². The van der Waals surface area contributed by atoms with E-state index < -0.39 is 12.0 Å². The maximum Gasteiger partial charge on any atom is 0.320 e. The Kier molecular flexibility index (Phi) is 5.37. The van der Waals surface area contributed by atoms with Gasteiger partial charge in [0, 0.05) is 16.5 Å². The van der Waals surface area contributed by atoms with Gasteiger partial charge in [0.1, 0.15) is 6.04 Å². The maximum absolute atomic E-state index is 12.4. The second-order valence-electron chi connectivity index (χ2n) is 5.44. The van der Waals surface area contributed by atoms with E-state index in [0.29, 0.717) is 42.9 Å². The van der Waals surface area contributed by atoms with E-state index in [1.54, 1.807) is 24.3 Å². The Morgan fingerprint density at radius 3 is 2.33 bits per heavy atom. The molecule has 0 aliphatic carbocycles. The summed E-state index contributed by atoms with van der Waals surface area (Å²) in [6.45, 7) is 3.20. The first-order valence-corrected chi connectivity index (χ1v) is 7.67. The molecule has 4 nitrogen and oxygen atoms in total. The number of carbonyl (C=O) groups is 2. The van der Waals surface area contributed by atoms with E-state index in [1.165, 1.54) is 0 Å². The van der Waals surface area contributed by atoms with Gasteiger partial charge in [0.25, 0.3) is 0 Å². The molecule has 1 atom stereocenters. The number of nitrogens with zero attached hydrogens (tertiary/aromatic N) is 1. The van der Waals surface area contributed by atoms with Gasteiger partial charge >= 0.3 is 5.97 Å². The van der Waals surface area contributed by atoms with Crippen LogP contribution in [0.4, 0.5) is 0 Å². The summed E-state index contributed by atoms with van der Waals surface area (Å²) in [6, 6.07) is 6.52. The molecule has 0 amide bonds. The van der Waals surface area contributed by atoms with Crippen molar-refractivity contribution in [2.24, 2.45) is 5.92 Å². The average molecular weight is 310 g/mol. The first-order chi connectivity index (χ1) is 10.0. The summed E-state index contributed by atoms with van der Waals surface area (Å²) in [5.74, 6) is -0.664. The third kappa shape index (κ3) is 3.83. The monoisotopic (exact) mass is 309 g/mol. The summed E-state index contributed by atoms with van der Waals surface area (Å²) in [5, 5.41) is 9.80. The zero-order chi connectivity index (χ0) is 15.4. The molecule has 21 heavy (non-hydrogen) atoms. The molecule has 0 bridgehead atoms. The quantitative estimate of drug-likeness (QED) is 0.849. The van der Waals surface area contributed by atoms with Crippen molar-refractivity contribution in [2.45, 2.75) is 32.2 Å². The number of carboxylic acids is 1. The molecule has 1 aromatic rings. The third-order valence-corrected chi connectivity index (χ3v) is 4.39.